The predicted octanol–water partition coefficient (Wildman–Crippen LogP) is 2.92. The third-order valence-corrected chi connectivity index (χ3v) is 5.84. The van der Waals surface area contributed by atoms with Crippen molar-refractivity contribution in [2.24, 2.45) is 0 Å². The molecule has 6 heteroatoms. The van der Waals surface area contributed by atoms with Crippen LogP contribution in [0.5, 0.6) is 5.75 Å². The Morgan fingerprint density at radius 3 is 2.89 bits per heavy atom. The van der Waals surface area contributed by atoms with Crippen LogP contribution in [-0.2, 0) is 22.4 Å². The van der Waals surface area contributed by atoms with Gasteiger partial charge in [0, 0.05) is 24.2 Å². The van der Waals surface area contributed by atoms with Crippen molar-refractivity contribution < 1.29 is 19.1 Å². The lowest BCUT2D eigenvalue weighted by Gasteiger charge is -2.22. The van der Waals surface area contributed by atoms with E-state index in [1.54, 1.807) is 28.8 Å². The minimum atomic E-state index is -0.517. The molecule has 0 aliphatic carbocycles. The van der Waals surface area contributed by atoms with Gasteiger partial charge >= 0.3 is 5.97 Å². The van der Waals surface area contributed by atoms with Crippen molar-refractivity contribution in [3.05, 3.63) is 65.2 Å². The zero-order chi connectivity index (χ0) is 18.6. The Balaban J connectivity index is 1.33. The number of rotatable bonds is 5. The van der Waals surface area contributed by atoms with E-state index in [0.717, 1.165) is 24.3 Å². The van der Waals surface area contributed by atoms with Crippen LogP contribution in [0.15, 0.2) is 48.5 Å². The molecule has 1 amide bonds. The van der Waals surface area contributed by atoms with E-state index in [1.807, 2.05) is 30.3 Å². The van der Waals surface area contributed by atoms with Crippen molar-refractivity contribution in [2.45, 2.75) is 18.9 Å². The molecule has 0 unspecified atom stereocenters. The summed E-state index contributed by atoms with van der Waals surface area (Å²) in [7, 11) is 0. The van der Waals surface area contributed by atoms with E-state index in [1.165, 1.54) is 5.56 Å². The molecule has 0 spiro atoms. The van der Waals surface area contributed by atoms with Crippen molar-refractivity contribution in [2.75, 3.05) is 24.8 Å². The normalized spacial score (nSPS) is 18.1. The fraction of sp³-hybridized carbons (Fsp3) is 0.333. The molecular weight excluding hydrogens is 362 g/mol. The highest BCUT2D eigenvalue weighted by Gasteiger charge is 2.36. The van der Waals surface area contributed by atoms with E-state index in [-0.39, 0.29) is 11.9 Å². The van der Waals surface area contributed by atoms with Crippen LogP contribution in [0.2, 0.25) is 0 Å². The summed E-state index contributed by atoms with van der Waals surface area (Å²) < 4.78 is 11.0. The molecule has 0 bridgehead atoms. The van der Waals surface area contributed by atoms with E-state index in [0.29, 0.717) is 30.2 Å². The molecule has 0 radical (unpaired) electrons. The molecule has 1 fully saturated rings. The highest BCUT2D eigenvalue weighted by atomic mass is 32.2. The van der Waals surface area contributed by atoms with Crippen LogP contribution in [0, 0.1) is 0 Å². The number of esters is 1. The molecule has 0 N–H and O–H groups in total. The van der Waals surface area contributed by atoms with Gasteiger partial charge in [0.1, 0.15) is 11.8 Å². The number of amides is 1. The number of hydrogen-bond donors (Lipinski definition) is 0. The molecule has 1 atom stereocenters. The van der Waals surface area contributed by atoms with Gasteiger partial charge in [0.2, 0.25) is 0 Å². The van der Waals surface area contributed by atoms with Crippen molar-refractivity contribution in [1.29, 1.82) is 0 Å². The molecule has 2 aliphatic rings. The Kier molecular flexibility index (Phi) is 5.34. The quantitative estimate of drug-likeness (QED) is 0.743. The zero-order valence-corrected chi connectivity index (χ0v) is 15.7. The van der Waals surface area contributed by atoms with Gasteiger partial charge < -0.3 is 14.4 Å². The monoisotopic (exact) mass is 383 g/mol. The number of fused-ring (bicyclic) bond motifs is 1. The maximum atomic E-state index is 12.7. The maximum absolute atomic E-state index is 12.7. The molecule has 5 nitrogen and oxygen atoms in total. The second-order valence-corrected chi connectivity index (χ2v) is 7.61. The van der Waals surface area contributed by atoms with Crippen LogP contribution < -0.4 is 4.74 Å². The summed E-state index contributed by atoms with van der Waals surface area (Å²) in [5.41, 5.74) is 2.94. The Morgan fingerprint density at radius 2 is 2.04 bits per heavy atom. The third-order valence-electron chi connectivity index (χ3n) is 4.82. The summed E-state index contributed by atoms with van der Waals surface area (Å²) in [6, 6.07) is 14.6. The van der Waals surface area contributed by atoms with E-state index in [2.05, 4.69) is 6.07 Å². The first kappa shape index (κ1) is 17.9. The van der Waals surface area contributed by atoms with Crippen molar-refractivity contribution in [3.8, 4) is 5.75 Å². The van der Waals surface area contributed by atoms with Gasteiger partial charge in [-0.25, -0.2) is 4.79 Å². The summed E-state index contributed by atoms with van der Waals surface area (Å²) in [5.74, 6) is 1.59. The lowest BCUT2D eigenvalue weighted by molar-refractivity contribution is -0.147. The van der Waals surface area contributed by atoms with Crippen LogP contribution in [0.1, 0.15) is 21.5 Å². The first-order valence-electron chi connectivity index (χ1n) is 9.07. The van der Waals surface area contributed by atoms with E-state index in [9.17, 15) is 9.59 Å². The first-order valence-corrected chi connectivity index (χ1v) is 10.2. The first-order chi connectivity index (χ1) is 13.2. The summed E-state index contributed by atoms with van der Waals surface area (Å²) in [6.07, 6.45) is 1.59. The number of benzene rings is 2. The van der Waals surface area contributed by atoms with E-state index in [4.69, 9.17) is 9.47 Å². The van der Waals surface area contributed by atoms with Gasteiger partial charge in [0.15, 0.2) is 0 Å². The van der Waals surface area contributed by atoms with Crippen molar-refractivity contribution >= 4 is 23.6 Å². The largest absolute Gasteiger partial charge is 0.493 e. The predicted molar refractivity (Wildman–Crippen MR) is 104 cm³/mol. The number of hydrogen-bond acceptors (Lipinski definition) is 5. The fourth-order valence-corrected chi connectivity index (χ4v) is 4.48. The molecule has 0 aromatic heterocycles. The minimum Gasteiger partial charge on any atom is -0.493 e. The lowest BCUT2D eigenvalue weighted by atomic mass is 10.1. The second-order valence-electron chi connectivity index (χ2n) is 6.61. The fourth-order valence-electron chi connectivity index (χ4n) is 3.35. The summed E-state index contributed by atoms with van der Waals surface area (Å²) >= 11 is 1.58. The van der Waals surface area contributed by atoms with Gasteiger partial charge in [-0.1, -0.05) is 30.3 Å². The molecule has 27 heavy (non-hydrogen) atoms. The third kappa shape index (κ3) is 3.95. The molecule has 2 heterocycles. The Morgan fingerprint density at radius 1 is 1.19 bits per heavy atom. The molecule has 140 valence electrons. The summed E-state index contributed by atoms with van der Waals surface area (Å²) in [4.78, 5) is 26.8. The van der Waals surface area contributed by atoms with Gasteiger partial charge in [-0.2, -0.15) is 0 Å². The Labute approximate surface area is 162 Å². The van der Waals surface area contributed by atoms with Crippen molar-refractivity contribution in [1.82, 2.24) is 4.90 Å². The number of carbonyl (C=O) groups excluding carboxylic acids is 2. The van der Waals surface area contributed by atoms with Crippen LogP contribution >= 0.6 is 11.8 Å². The topological polar surface area (TPSA) is 55.8 Å². The van der Waals surface area contributed by atoms with E-state index < -0.39 is 6.04 Å². The lowest BCUT2D eigenvalue weighted by Crippen LogP contribution is -2.42. The molecule has 0 saturated carbocycles. The standard InChI is InChI=1S/C21H21NO4S/c23-20(16-4-2-1-3-5-16)22-14-27-13-18(22)21(24)26-10-8-15-6-7-19-17(12-15)9-11-25-19/h1-7,12,18H,8-11,13-14H2/t18-/m1/s1. The smallest absolute Gasteiger partial charge is 0.329 e. The summed E-state index contributed by atoms with van der Waals surface area (Å²) in [6.45, 7) is 1.05. The van der Waals surface area contributed by atoms with Crippen LogP contribution in [0.3, 0.4) is 0 Å². The molecule has 2 aromatic carbocycles. The van der Waals surface area contributed by atoms with Gasteiger partial charge in [-0.15, -0.1) is 11.8 Å². The molecule has 2 aliphatic heterocycles. The average molecular weight is 383 g/mol. The number of ether oxygens (including phenoxy) is 2. The number of nitrogens with zero attached hydrogens (tertiary/aromatic N) is 1. The molecule has 1 saturated heterocycles. The van der Waals surface area contributed by atoms with Crippen LogP contribution in [-0.4, -0.2) is 47.7 Å². The highest BCUT2D eigenvalue weighted by Crippen LogP contribution is 2.26. The minimum absolute atomic E-state index is 0.124. The zero-order valence-electron chi connectivity index (χ0n) is 14.9. The van der Waals surface area contributed by atoms with Gasteiger partial charge in [0.05, 0.1) is 19.1 Å². The average Bonchev–Trinajstić information content (AvgIpc) is 3.37. The Hall–Kier alpha value is -2.47. The molecule has 2 aromatic rings. The van der Waals surface area contributed by atoms with Gasteiger partial charge in [-0.3, -0.25) is 4.79 Å². The molecular formula is C21H21NO4S. The Bertz CT molecular complexity index is 839. The molecule has 4 rings (SSSR count). The van der Waals surface area contributed by atoms with Gasteiger partial charge in [-0.05, 0) is 29.3 Å². The summed E-state index contributed by atoms with van der Waals surface area (Å²) in [5, 5.41) is 0. The van der Waals surface area contributed by atoms with Crippen molar-refractivity contribution in [3.63, 3.8) is 0 Å². The number of carbonyl (C=O) groups is 2. The van der Waals surface area contributed by atoms with Crippen LogP contribution in [0.4, 0.5) is 0 Å². The van der Waals surface area contributed by atoms with Crippen LogP contribution in [0.25, 0.3) is 0 Å². The number of thioether (sulfide) groups is 1. The second kappa shape index (κ2) is 8.05. The highest BCUT2D eigenvalue weighted by molar-refractivity contribution is 7.99. The maximum Gasteiger partial charge on any atom is 0.329 e. The van der Waals surface area contributed by atoms with E-state index >= 15 is 0 Å². The SMILES string of the molecule is O=C(OCCc1ccc2c(c1)CCO2)[C@H]1CSCN1C(=O)c1ccccc1. The van der Waals surface area contributed by atoms with Gasteiger partial charge in [0.25, 0.3) is 5.91 Å².